The van der Waals surface area contributed by atoms with Gasteiger partial charge in [0, 0.05) is 50.0 Å². The third-order valence-corrected chi connectivity index (χ3v) is 4.61. The monoisotopic (exact) mass is 451 g/mol. The largest absolute Gasteiger partial charge is 0.461 e. The minimum absolute atomic E-state index is 0.221. The number of hydrogen-bond acceptors (Lipinski definition) is 7. The van der Waals surface area contributed by atoms with E-state index in [1.54, 1.807) is 25.6 Å². The number of carbonyl (C=O) groups excluding carboxylic acids is 2. The average Bonchev–Trinajstić information content (AvgIpc) is 2.78. The molecule has 0 saturated heterocycles. The number of esters is 1. The van der Waals surface area contributed by atoms with Crippen molar-refractivity contribution in [3.8, 4) is 11.3 Å². The van der Waals surface area contributed by atoms with Crippen molar-refractivity contribution in [3.05, 3.63) is 60.0 Å². The lowest BCUT2D eigenvalue weighted by atomic mass is 10.0. The summed E-state index contributed by atoms with van der Waals surface area (Å²) in [7, 11) is 1.60. The van der Waals surface area contributed by atoms with Crippen LogP contribution in [0.3, 0.4) is 0 Å². The number of alkyl carbamates (subject to hydrolysis) is 1. The molecule has 3 aromatic rings. The molecule has 1 N–H and O–H groups in total. The van der Waals surface area contributed by atoms with Crippen molar-refractivity contribution in [1.82, 2.24) is 15.3 Å². The van der Waals surface area contributed by atoms with Gasteiger partial charge in [0.2, 0.25) is 0 Å². The zero-order valence-corrected chi connectivity index (χ0v) is 19.4. The molecule has 0 spiro atoms. The lowest BCUT2D eigenvalue weighted by Gasteiger charge is -2.19. The first-order valence-corrected chi connectivity index (χ1v) is 10.7. The number of aromatic nitrogens is 2. The first-order chi connectivity index (χ1) is 15.8. The number of methoxy groups -OCH3 is 1. The van der Waals surface area contributed by atoms with Gasteiger partial charge in [-0.15, -0.1) is 0 Å². The van der Waals surface area contributed by atoms with Crippen LogP contribution in [0.15, 0.2) is 48.8 Å². The summed E-state index contributed by atoms with van der Waals surface area (Å²) in [5, 5.41) is 4.40. The molecule has 0 aliphatic rings. The van der Waals surface area contributed by atoms with E-state index >= 15 is 0 Å². The third-order valence-electron chi connectivity index (χ3n) is 4.61. The molecule has 174 valence electrons. The second-order valence-electron chi connectivity index (χ2n) is 8.49. The highest BCUT2D eigenvalue weighted by Gasteiger charge is 2.17. The van der Waals surface area contributed by atoms with E-state index in [1.165, 1.54) is 0 Å². The minimum atomic E-state index is -0.569. The molecule has 3 rings (SSSR count). The summed E-state index contributed by atoms with van der Waals surface area (Å²) in [6.07, 6.45) is 3.51. The van der Waals surface area contributed by atoms with Crippen molar-refractivity contribution >= 4 is 22.8 Å². The molecule has 2 aromatic heterocycles. The van der Waals surface area contributed by atoms with Gasteiger partial charge in [-0.2, -0.15) is 0 Å². The number of carbonyl (C=O) groups is 2. The van der Waals surface area contributed by atoms with Crippen molar-refractivity contribution in [1.29, 1.82) is 0 Å². The van der Waals surface area contributed by atoms with Crippen molar-refractivity contribution in [2.75, 3.05) is 20.3 Å². The molecule has 0 fully saturated rings. The number of nitrogens with one attached hydrogen (secondary N) is 1. The zero-order valence-electron chi connectivity index (χ0n) is 19.4. The highest BCUT2D eigenvalue weighted by molar-refractivity contribution is 5.99. The van der Waals surface area contributed by atoms with Crippen LogP contribution in [-0.4, -0.2) is 48.0 Å². The van der Waals surface area contributed by atoms with E-state index in [9.17, 15) is 9.59 Å². The lowest BCUT2D eigenvalue weighted by molar-refractivity contribution is 0.0460. The van der Waals surface area contributed by atoms with Crippen LogP contribution in [-0.2, 0) is 20.8 Å². The van der Waals surface area contributed by atoms with Gasteiger partial charge < -0.3 is 19.5 Å². The van der Waals surface area contributed by atoms with E-state index < -0.39 is 17.7 Å². The molecule has 0 saturated carbocycles. The normalized spacial score (nSPS) is 11.3. The van der Waals surface area contributed by atoms with Crippen molar-refractivity contribution in [2.24, 2.45) is 0 Å². The summed E-state index contributed by atoms with van der Waals surface area (Å²) in [6, 6.07) is 11.1. The Labute approximate surface area is 193 Å². The molecule has 8 nitrogen and oxygen atoms in total. The first-order valence-electron chi connectivity index (χ1n) is 10.7. The quantitative estimate of drug-likeness (QED) is 0.397. The predicted molar refractivity (Wildman–Crippen MR) is 125 cm³/mol. The minimum Gasteiger partial charge on any atom is -0.461 e. The number of fused-ring (bicyclic) bond motifs is 1. The van der Waals surface area contributed by atoms with Gasteiger partial charge in [0.15, 0.2) is 0 Å². The second-order valence-corrected chi connectivity index (χ2v) is 8.49. The summed E-state index contributed by atoms with van der Waals surface area (Å²) < 4.78 is 15.6. The van der Waals surface area contributed by atoms with Crippen molar-refractivity contribution in [3.63, 3.8) is 0 Å². The van der Waals surface area contributed by atoms with Gasteiger partial charge in [0.25, 0.3) is 0 Å². The Hall–Kier alpha value is -3.52. The molecule has 0 radical (unpaired) electrons. The predicted octanol–water partition coefficient (Wildman–Crippen LogP) is 4.51. The Kier molecular flexibility index (Phi) is 7.95. The van der Waals surface area contributed by atoms with Crippen LogP contribution >= 0.6 is 0 Å². The topological polar surface area (TPSA) is 99.6 Å². The van der Waals surface area contributed by atoms with E-state index in [2.05, 4.69) is 15.3 Å². The maximum Gasteiger partial charge on any atom is 0.407 e. The fraction of sp³-hybridized carbons (Fsp3) is 0.360. The molecule has 1 amide bonds. The molecule has 33 heavy (non-hydrogen) atoms. The smallest absolute Gasteiger partial charge is 0.407 e. The number of pyridine rings is 2. The molecule has 0 atom stereocenters. The second kappa shape index (κ2) is 10.9. The summed E-state index contributed by atoms with van der Waals surface area (Å²) in [4.78, 5) is 33.4. The molecule has 0 aliphatic heterocycles. The number of nitrogens with zero attached hydrogens (tertiary/aromatic N) is 2. The summed E-state index contributed by atoms with van der Waals surface area (Å²) in [5.74, 6) is -0.492. The van der Waals surface area contributed by atoms with Gasteiger partial charge in [0.1, 0.15) is 11.3 Å². The van der Waals surface area contributed by atoms with Crippen LogP contribution in [0.2, 0.25) is 0 Å². The van der Waals surface area contributed by atoms with Crippen molar-refractivity contribution in [2.45, 2.75) is 39.3 Å². The molecule has 2 heterocycles. The Morgan fingerprint density at radius 3 is 2.67 bits per heavy atom. The fourth-order valence-corrected chi connectivity index (χ4v) is 3.17. The Morgan fingerprint density at radius 1 is 1.09 bits per heavy atom. The van der Waals surface area contributed by atoms with E-state index in [-0.39, 0.29) is 12.3 Å². The Balaban J connectivity index is 1.86. The highest BCUT2D eigenvalue weighted by Crippen LogP contribution is 2.28. The molecule has 8 heteroatoms. The lowest BCUT2D eigenvalue weighted by Crippen LogP contribution is -2.32. The van der Waals surface area contributed by atoms with Gasteiger partial charge in [-0.25, -0.2) is 14.6 Å². The Morgan fingerprint density at radius 2 is 1.91 bits per heavy atom. The van der Waals surface area contributed by atoms with Gasteiger partial charge in [-0.05, 0) is 49.9 Å². The SMILES string of the molecule is COCCCOC(=O)c1cc2ccncc2c(-c2cccc(CNC(=O)OC(C)(C)C)c2)n1. The first kappa shape index (κ1) is 24.1. The molecular formula is C25H29N3O5. The van der Waals surface area contributed by atoms with Gasteiger partial charge in [-0.3, -0.25) is 4.98 Å². The molecule has 1 aromatic carbocycles. The summed E-state index contributed by atoms with van der Waals surface area (Å²) in [5.41, 5.74) is 1.93. The summed E-state index contributed by atoms with van der Waals surface area (Å²) >= 11 is 0. The molecule has 0 bridgehead atoms. The van der Waals surface area contributed by atoms with Crippen LogP contribution in [0.25, 0.3) is 22.0 Å². The van der Waals surface area contributed by atoms with Gasteiger partial charge in [0.05, 0.1) is 12.3 Å². The van der Waals surface area contributed by atoms with Crippen LogP contribution in [0.5, 0.6) is 0 Å². The maximum atomic E-state index is 12.6. The number of ether oxygens (including phenoxy) is 3. The number of rotatable bonds is 8. The van der Waals surface area contributed by atoms with Gasteiger partial charge in [-0.1, -0.05) is 18.2 Å². The van der Waals surface area contributed by atoms with E-state index in [4.69, 9.17) is 14.2 Å². The van der Waals surface area contributed by atoms with E-state index in [0.29, 0.717) is 25.3 Å². The molecule has 0 aliphatic carbocycles. The number of benzene rings is 1. The standard InChI is InChI=1S/C25H29N3O5/c1-25(2,3)33-24(30)27-15-17-7-5-8-19(13-17)22-20-16-26-10-9-18(20)14-21(28-22)23(29)32-12-6-11-31-4/h5,7-10,13-14,16H,6,11-12,15H2,1-4H3,(H,27,30). The van der Waals surface area contributed by atoms with Gasteiger partial charge >= 0.3 is 12.1 Å². The van der Waals surface area contributed by atoms with Crippen LogP contribution in [0.1, 0.15) is 43.2 Å². The van der Waals surface area contributed by atoms with Crippen molar-refractivity contribution < 1.29 is 23.8 Å². The summed E-state index contributed by atoms with van der Waals surface area (Å²) in [6.45, 7) is 6.50. The fourth-order valence-electron chi connectivity index (χ4n) is 3.17. The van der Waals surface area contributed by atoms with Crippen LogP contribution < -0.4 is 5.32 Å². The maximum absolute atomic E-state index is 12.6. The van der Waals surface area contributed by atoms with Crippen LogP contribution in [0.4, 0.5) is 4.79 Å². The third kappa shape index (κ3) is 6.98. The number of hydrogen-bond donors (Lipinski definition) is 1. The Bertz CT molecular complexity index is 1120. The average molecular weight is 452 g/mol. The van der Waals surface area contributed by atoms with E-state index in [0.717, 1.165) is 21.9 Å². The molecule has 0 unspecified atom stereocenters. The zero-order chi connectivity index (χ0) is 23.8. The highest BCUT2D eigenvalue weighted by atomic mass is 16.6. The van der Waals surface area contributed by atoms with Crippen LogP contribution in [0, 0.1) is 0 Å². The number of amides is 1. The molecular weight excluding hydrogens is 422 g/mol. The van der Waals surface area contributed by atoms with E-state index in [1.807, 2.05) is 51.1 Å².